The molecule has 1 heterocycles. The first kappa shape index (κ1) is 18.4. The van der Waals surface area contributed by atoms with Crippen molar-refractivity contribution in [2.45, 2.75) is 25.3 Å². The Labute approximate surface area is 165 Å². The van der Waals surface area contributed by atoms with E-state index in [-0.39, 0.29) is 24.3 Å². The fraction of sp³-hybridized carbons (Fsp3) is 0.208. The van der Waals surface area contributed by atoms with Gasteiger partial charge in [-0.15, -0.1) is 0 Å². The number of esters is 1. The molecule has 4 nitrogen and oxygen atoms in total. The van der Waals surface area contributed by atoms with Crippen molar-refractivity contribution >= 4 is 5.97 Å². The van der Waals surface area contributed by atoms with Gasteiger partial charge in [-0.3, -0.25) is 0 Å². The summed E-state index contributed by atoms with van der Waals surface area (Å²) in [6, 6.07) is 27.2. The SMILES string of the molecule is C[C@@H]1[C@@H](c2ccccc2)O[C@H](c2ccccc2OC(=O)c2ccccc2)[NH+]1C. The molecule has 3 aromatic carbocycles. The predicted octanol–water partition coefficient (Wildman–Crippen LogP) is 3.58. The van der Waals surface area contributed by atoms with E-state index < -0.39 is 0 Å². The molecule has 0 aliphatic carbocycles. The lowest BCUT2D eigenvalue weighted by Crippen LogP contribution is -3.10. The maximum absolute atomic E-state index is 12.5. The minimum absolute atomic E-state index is 0.0101. The lowest BCUT2D eigenvalue weighted by molar-refractivity contribution is -0.933. The molecule has 0 saturated carbocycles. The van der Waals surface area contributed by atoms with Gasteiger partial charge >= 0.3 is 5.97 Å². The zero-order chi connectivity index (χ0) is 19.5. The highest BCUT2D eigenvalue weighted by Gasteiger charge is 2.44. The number of para-hydroxylation sites is 1. The van der Waals surface area contributed by atoms with Crippen LogP contribution in [0.25, 0.3) is 0 Å². The number of carbonyl (C=O) groups excluding carboxylic acids is 1. The number of carbonyl (C=O) groups is 1. The fourth-order valence-corrected chi connectivity index (χ4v) is 3.70. The first-order valence-electron chi connectivity index (χ1n) is 9.55. The number of hydrogen-bond donors (Lipinski definition) is 1. The summed E-state index contributed by atoms with van der Waals surface area (Å²) in [5.74, 6) is 0.179. The van der Waals surface area contributed by atoms with Gasteiger partial charge in [0.25, 0.3) is 0 Å². The standard InChI is InChI=1S/C24H23NO3/c1-17-22(18-11-5-3-6-12-18)28-23(25(17)2)20-15-9-10-16-21(20)27-24(26)19-13-7-4-8-14-19/h3-17,22-23H,1-2H3/p+1/t17-,22+,23-/m1/s1. The van der Waals surface area contributed by atoms with Crippen LogP contribution in [0.5, 0.6) is 5.75 Å². The number of nitrogens with one attached hydrogen (secondary N) is 1. The van der Waals surface area contributed by atoms with Crippen molar-refractivity contribution in [3.05, 3.63) is 102 Å². The number of rotatable bonds is 4. The van der Waals surface area contributed by atoms with Crippen molar-refractivity contribution in [1.29, 1.82) is 0 Å². The monoisotopic (exact) mass is 374 g/mol. The van der Waals surface area contributed by atoms with Gasteiger partial charge in [-0.05, 0) is 36.8 Å². The average Bonchev–Trinajstić information content (AvgIpc) is 3.04. The van der Waals surface area contributed by atoms with Crippen molar-refractivity contribution in [2.75, 3.05) is 7.05 Å². The molecule has 0 radical (unpaired) electrons. The van der Waals surface area contributed by atoms with Crippen LogP contribution in [-0.4, -0.2) is 19.1 Å². The summed E-state index contributed by atoms with van der Waals surface area (Å²) in [7, 11) is 2.12. The highest BCUT2D eigenvalue weighted by Crippen LogP contribution is 2.34. The second kappa shape index (κ2) is 7.97. The Hall–Kier alpha value is -2.95. The van der Waals surface area contributed by atoms with Gasteiger partial charge < -0.3 is 14.4 Å². The third-order valence-corrected chi connectivity index (χ3v) is 5.41. The van der Waals surface area contributed by atoms with Crippen molar-refractivity contribution in [1.82, 2.24) is 0 Å². The van der Waals surface area contributed by atoms with Gasteiger partial charge in [-0.2, -0.15) is 0 Å². The number of quaternary nitrogens is 1. The van der Waals surface area contributed by atoms with Crippen LogP contribution in [0.15, 0.2) is 84.9 Å². The molecule has 142 valence electrons. The third kappa shape index (κ3) is 3.57. The van der Waals surface area contributed by atoms with Crippen LogP contribution in [0, 0.1) is 0 Å². The van der Waals surface area contributed by atoms with Gasteiger partial charge in [0, 0.05) is 0 Å². The first-order valence-corrected chi connectivity index (χ1v) is 9.55. The van der Waals surface area contributed by atoms with Crippen LogP contribution in [-0.2, 0) is 4.74 Å². The van der Waals surface area contributed by atoms with Crippen LogP contribution >= 0.6 is 0 Å². The molecule has 1 aliphatic heterocycles. The van der Waals surface area contributed by atoms with Crippen LogP contribution in [0.2, 0.25) is 0 Å². The molecule has 0 amide bonds. The van der Waals surface area contributed by atoms with Crippen molar-refractivity contribution in [3.8, 4) is 5.75 Å². The van der Waals surface area contributed by atoms with Gasteiger partial charge in [0.05, 0.1) is 18.2 Å². The van der Waals surface area contributed by atoms with Crippen molar-refractivity contribution in [2.24, 2.45) is 0 Å². The van der Waals surface area contributed by atoms with E-state index in [1.165, 1.54) is 4.90 Å². The maximum Gasteiger partial charge on any atom is 0.343 e. The molecular formula is C24H24NO3+. The molecule has 0 bridgehead atoms. The highest BCUT2D eigenvalue weighted by molar-refractivity contribution is 5.91. The second-order valence-electron chi connectivity index (χ2n) is 7.17. The van der Waals surface area contributed by atoms with Crippen molar-refractivity contribution in [3.63, 3.8) is 0 Å². The number of likely N-dealkylation sites (N-methyl/N-ethyl adjacent to an activating group) is 1. The molecule has 1 unspecified atom stereocenters. The Bertz CT molecular complexity index is 942. The zero-order valence-corrected chi connectivity index (χ0v) is 16.0. The molecule has 0 aromatic heterocycles. The van der Waals surface area contributed by atoms with E-state index in [9.17, 15) is 4.79 Å². The van der Waals surface area contributed by atoms with E-state index in [1.54, 1.807) is 12.1 Å². The summed E-state index contributed by atoms with van der Waals surface area (Å²) in [4.78, 5) is 13.8. The summed E-state index contributed by atoms with van der Waals surface area (Å²) < 4.78 is 12.2. The molecule has 4 heteroatoms. The molecule has 1 saturated heterocycles. The van der Waals surface area contributed by atoms with Crippen LogP contribution in [0.1, 0.15) is 40.7 Å². The largest absolute Gasteiger partial charge is 0.422 e. The van der Waals surface area contributed by atoms with Crippen LogP contribution < -0.4 is 9.64 Å². The lowest BCUT2D eigenvalue weighted by Gasteiger charge is -2.20. The van der Waals surface area contributed by atoms with Gasteiger partial charge in [-0.1, -0.05) is 60.7 Å². The minimum Gasteiger partial charge on any atom is -0.422 e. The maximum atomic E-state index is 12.5. The quantitative estimate of drug-likeness (QED) is 0.561. The van der Waals surface area contributed by atoms with Crippen LogP contribution in [0.4, 0.5) is 0 Å². The van der Waals surface area contributed by atoms with Gasteiger partial charge in [0.1, 0.15) is 17.9 Å². The molecule has 28 heavy (non-hydrogen) atoms. The Balaban J connectivity index is 1.60. The van der Waals surface area contributed by atoms with Gasteiger partial charge in [-0.25, -0.2) is 4.79 Å². The Morgan fingerprint density at radius 1 is 0.893 bits per heavy atom. The molecule has 1 N–H and O–H groups in total. The summed E-state index contributed by atoms with van der Waals surface area (Å²) in [5.41, 5.74) is 2.58. The molecule has 4 atom stereocenters. The number of benzene rings is 3. The predicted molar refractivity (Wildman–Crippen MR) is 107 cm³/mol. The molecule has 1 aliphatic rings. The number of ether oxygens (including phenoxy) is 2. The molecule has 4 rings (SSSR count). The van der Waals surface area contributed by atoms with E-state index in [2.05, 4.69) is 26.1 Å². The minimum atomic E-state index is -0.364. The van der Waals surface area contributed by atoms with E-state index in [0.717, 1.165) is 11.1 Å². The Morgan fingerprint density at radius 2 is 1.50 bits per heavy atom. The molecule has 1 fully saturated rings. The van der Waals surface area contributed by atoms with Gasteiger partial charge in [0.2, 0.25) is 6.23 Å². The topological polar surface area (TPSA) is 40.0 Å². The summed E-state index contributed by atoms with van der Waals surface area (Å²) in [5, 5.41) is 0. The van der Waals surface area contributed by atoms with Crippen molar-refractivity contribution < 1.29 is 19.2 Å². The fourth-order valence-electron chi connectivity index (χ4n) is 3.70. The Kier molecular flexibility index (Phi) is 5.24. The molecular weight excluding hydrogens is 350 g/mol. The molecule has 3 aromatic rings. The van der Waals surface area contributed by atoms with Crippen LogP contribution in [0.3, 0.4) is 0 Å². The summed E-state index contributed by atoms with van der Waals surface area (Å²) >= 11 is 0. The van der Waals surface area contributed by atoms with E-state index in [0.29, 0.717) is 11.3 Å². The zero-order valence-electron chi connectivity index (χ0n) is 16.0. The summed E-state index contributed by atoms with van der Waals surface area (Å²) in [6.45, 7) is 2.19. The molecule has 0 spiro atoms. The Morgan fingerprint density at radius 3 is 2.21 bits per heavy atom. The third-order valence-electron chi connectivity index (χ3n) is 5.41. The average molecular weight is 374 g/mol. The first-order chi connectivity index (χ1) is 13.6. The van der Waals surface area contributed by atoms with E-state index in [1.807, 2.05) is 60.7 Å². The normalized spacial score (nSPS) is 24.1. The highest BCUT2D eigenvalue weighted by atomic mass is 16.5. The van der Waals surface area contributed by atoms with E-state index in [4.69, 9.17) is 9.47 Å². The van der Waals surface area contributed by atoms with E-state index >= 15 is 0 Å². The second-order valence-corrected chi connectivity index (χ2v) is 7.17. The smallest absolute Gasteiger partial charge is 0.343 e. The van der Waals surface area contributed by atoms with Gasteiger partial charge in [0.15, 0.2) is 0 Å². The lowest BCUT2D eigenvalue weighted by atomic mass is 10.0. The summed E-state index contributed by atoms with van der Waals surface area (Å²) in [6.07, 6.45) is -0.218. The number of hydrogen-bond acceptors (Lipinski definition) is 3.